The number of ether oxygens (including phenoxy) is 1. The zero-order valence-electron chi connectivity index (χ0n) is 15.6. The van der Waals surface area contributed by atoms with Crippen LogP contribution in [0.25, 0.3) is 0 Å². The molecule has 0 spiro atoms. The Morgan fingerprint density at radius 2 is 2.15 bits per heavy atom. The predicted molar refractivity (Wildman–Crippen MR) is 97.8 cm³/mol. The maximum atomic E-state index is 11.8. The van der Waals surface area contributed by atoms with Gasteiger partial charge in [0.15, 0.2) is 0 Å². The Balaban J connectivity index is 1.95. The number of nitrogens with one attached hydrogen (secondary N) is 2. The Bertz CT molecular complexity index is 557. The summed E-state index contributed by atoms with van der Waals surface area (Å²) in [6.07, 6.45) is 0.600. The number of aliphatic hydroxyl groups is 2. The van der Waals surface area contributed by atoms with Crippen LogP contribution in [0.3, 0.4) is 0 Å². The molecule has 2 amide bonds. The topological polar surface area (TPSA) is 107 Å². The van der Waals surface area contributed by atoms with Crippen LogP contribution < -0.4 is 10.6 Å². The quantitative estimate of drug-likeness (QED) is 0.506. The second-order valence-electron chi connectivity index (χ2n) is 6.94. The smallest absolute Gasteiger partial charge is 0.315 e. The van der Waals surface area contributed by atoms with Gasteiger partial charge in [-0.25, -0.2) is 4.79 Å². The molecule has 4 N–H and O–H groups in total. The molecule has 0 aliphatic carbocycles. The molecule has 0 saturated carbocycles. The van der Waals surface area contributed by atoms with Crippen molar-refractivity contribution in [1.29, 1.82) is 0 Å². The first kappa shape index (κ1) is 20.6. The highest BCUT2D eigenvalue weighted by atomic mass is 16.5. The first-order chi connectivity index (χ1) is 12.4. The van der Waals surface area contributed by atoms with Crippen molar-refractivity contribution >= 4 is 6.03 Å². The monoisotopic (exact) mass is 366 g/mol. The van der Waals surface area contributed by atoms with Crippen molar-refractivity contribution in [3.8, 4) is 0 Å². The van der Waals surface area contributed by atoms with E-state index in [2.05, 4.69) is 15.6 Å². The number of aromatic nitrogens is 1. The Morgan fingerprint density at radius 1 is 1.38 bits per heavy atom. The molecular formula is C18H30N4O4. The summed E-state index contributed by atoms with van der Waals surface area (Å²) >= 11 is 0. The Labute approximate surface area is 154 Å². The summed E-state index contributed by atoms with van der Waals surface area (Å²) in [4.78, 5) is 18.1. The molecule has 2 heterocycles. The zero-order chi connectivity index (χ0) is 19.1. The molecule has 26 heavy (non-hydrogen) atoms. The lowest BCUT2D eigenvalue weighted by Crippen LogP contribution is -2.51. The summed E-state index contributed by atoms with van der Waals surface area (Å²) in [5.41, 5.74) is 0.970. The fourth-order valence-electron chi connectivity index (χ4n) is 3.18. The van der Waals surface area contributed by atoms with E-state index in [1.54, 1.807) is 6.20 Å². The maximum absolute atomic E-state index is 11.8. The first-order valence-electron chi connectivity index (χ1n) is 9.01. The molecule has 0 radical (unpaired) electrons. The zero-order valence-corrected chi connectivity index (χ0v) is 15.6. The number of amides is 2. The lowest BCUT2D eigenvalue weighted by molar-refractivity contribution is -0.0206. The Hall–Kier alpha value is -1.74. The maximum Gasteiger partial charge on any atom is 0.315 e. The summed E-state index contributed by atoms with van der Waals surface area (Å²) in [7, 11) is 1.90. The van der Waals surface area contributed by atoms with Crippen LogP contribution in [-0.2, 0) is 11.2 Å². The molecule has 146 valence electrons. The molecule has 1 aliphatic rings. The highest BCUT2D eigenvalue weighted by Crippen LogP contribution is 2.25. The van der Waals surface area contributed by atoms with Gasteiger partial charge in [0.05, 0.1) is 18.8 Å². The lowest BCUT2D eigenvalue weighted by Gasteiger charge is -2.30. The first-order valence-corrected chi connectivity index (χ1v) is 9.01. The summed E-state index contributed by atoms with van der Waals surface area (Å²) in [6, 6.07) is 5.21. The van der Waals surface area contributed by atoms with Crippen LogP contribution in [0.1, 0.15) is 19.5 Å². The Kier molecular flexibility index (Phi) is 7.77. The van der Waals surface area contributed by atoms with Gasteiger partial charge in [0, 0.05) is 37.4 Å². The molecule has 0 aromatic carbocycles. The SMILES string of the molecule is CC(C)NC(=O)NC[C@@H]1O[C@@H](CO)[C@@H](O)[C@H]1N(C)CCc1ccccn1. The van der Waals surface area contributed by atoms with Crippen molar-refractivity contribution in [2.75, 3.05) is 26.7 Å². The fourth-order valence-corrected chi connectivity index (χ4v) is 3.18. The third-order valence-corrected chi connectivity index (χ3v) is 4.48. The molecule has 8 heteroatoms. The van der Waals surface area contributed by atoms with E-state index in [1.165, 1.54) is 0 Å². The van der Waals surface area contributed by atoms with E-state index in [-0.39, 0.29) is 31.3 Å². The third kappa shape index (κ3) is 5.63. The number of pyridine rings is 1. The van der Waals surface area contributed by atoms with Crippen molar-refractivity contribution in [2.45, 2.75) is 50.7 Å². The molecular weight excluding hydrogens is 336 g/mol. The van der Waals surface area contributed by atoms with E-state index >= 15 is 0 Å². The number of carbonyl (C=O) groups excluding carboxylic acids is 1. The second-order valence-corrected chi connectivity index (χ2v) is 6.94. The van der Waals surface area contributed by atoms with Gasteiger partial charge in [-0.2, -0.15) is 0 Å². The Morgan fingerprint density at radius 3 is 2.77 bits per heavy atom. The molecule has 1 aliphatic heterocycles. The van der Waals surface area contributed by atoms with Crippen LogP contribution in [-0.4, -0.2) is 83.3 Å². The molecule has 2 rings (SSSR count). The van der Waals surface area contributed by atoms with Crippen molar-refractivity contribution in [3.63, 3.8) is 0 Å². The number of aliphatic hydroxyl groups excluding tert-OH is 2. The van der Waals surface area contributed by atoms with E-state index in [0.29, 0.717) is 6.54 Å². The van der Waals surface area contributed by atoms with E-state index in [9.17, 15) is 15.0 Å². The number of carbonyl (C=O) groups is 1. The van der Waals surface area contributed by atoms with Gasteiger partial charge in [-0.05, 0) is 33.0 Å². The molecule has 8 nitrogen and oxygen atoms in total. The number of likely N-dealkylation sites (N-methyl/N-ethyl adjacent to an activating group) is 1. The third-order valence-electron chi connectivity index (χ3n) is 4.48. The minimum Gasteiger partial charge on any atom is -0.394 e. The van der Waals surface area contributed by atoms with Gasteiger partial charge in [0.25, 0.3) is 0 Å². The normalized spacial score (nSPS) is 25.7. The highest BCUT2D eigenvalue weighted by molar-refractivity contribution is 5.74. The van der Waals surface area contributed by atoms with Gasteiger partial charge in [-0.3, -0.25) is 9.88 Å². The fraction of sp³-hybridized carbons (Fsp3) is 0.667. The number of hydrogen-bond donors (Lipinski definition) is 4. The van der Waals surface area contributed by atoms with Gasteiger partial charge >= 0.3 is 6.03 Å². The van der Waals surface area contributed by atoms with Gasteiger partial charge in [0.1, 0.15) is 12.2 Å². The van der Waals surface area contributed by atoms with Crippen LogP contribution in [0.5, 0.6) is 0 Å². The van der Waals surface area contributed by atoms with E-state index in [4.69, 9.17) is 4.74 Å². The summed E-state index contributed by atoms with van der Waals surface area (Å²) in [5.74, 6) is 0. The molecule has 0 bridgehead atoms. The van der Waals surface area contributed by atoms with E-state index in [0.717, 1.165) is 12.1 Å². The molecule has 1 aromatic heterocycles. The van der Waals surface area contributed by atoms with Gasteiger partial charge in [0.2, 0.25) is 0 Å². The molecule has 4 atom stereocenters. The summed E-state index contributed by atoms with van der Waals surface area (Å²) in [6.45, 7) is 4.43. The van der Waals surface area contributed by atoms with Gasteiger partial charge in [-0.1, -0.05) is 6.07 Å². The van der Waals surface area contributed by atoms with Crippen molar-refractivity contribution in [1.82, 2.24) is 20.5 Å². The van der Waals surface area contributed by atoms with Crippen LogP contribution in [0.15, 0.2) is 24.4 Å². The number of nitrogens with zero attached hydrogens (tertiary/aromatic N) is 2. The minimum atomic E-state index is -0.825. The van der Waals surface area contributed by atoms with Crippen molar-refractivity contribution in [2.24, 2.45) is 0 Å². The summed E-state index contributed by atoms with van der Waals surface area (Å²) < 4.78 is 5.76. The molecule has 1 aromatic rings. The number of hydrogen-bond acceptors (Lipinski definition) is 6. The van der Waals surface area contributed by atoms with Gasteiger partial charge < -0.3 is 25.6 Å². The molecule has 1 saturated heterocycles. The number of rotatable bonds is 8. The van der Waals surface area contributed by atoms with Crippen LogP contribution in [0.4, 0.5) is 4.79 Å². The second kappa shape index (κ2) is 9.82. The van der Waals surface area contributed by atoms with Gasteiger partial charge in [-0.15, -0.1) is 0 Å². The largest absolute Gasteiger partial charge is 0.394 e. The standard InChI is InChI=1S/C18H30N4O4/c1-12(2)21-18(25)20-10-14-16(17(24)15(11-23)26-14)22(3)9-7-13-6-4-5-8-19-13/h4-6,8,12,14-17,23-24H,7,9-11H2,1-3H3,(H2,20,21,25)/t14-,15-,16-,17+/m0/s1. The van der Waals surface area contributed by atoms with Crippen LogP contribution in [0.2, 0.25) is 0 Å². The van der Waals surface area contributed by atoms with E-state index in [1.807, 2.05) is 44.0 Å². The van der Waals surface area contributed by atoms with Crippen molar-refractivity contribution in [3.05, 3.63) is 30.1 Å². The lowest BCUT2D eigenvalue weighted by atomic mass is 10.0. The predicted octanol–water partition coefficient (Wildman–Crippen LogP) is -0.247. The van der Waals surface area contributed by atoms with E-state index < -0.39 is 18.3 Å². The average molecular weight is 366 g/mol. The van der Waals surface area contributed by atoms with Crippen molar-refractivity contribution < 1.29 is 19.7 Å². The number of urea groups is 1. The average Bonchev–Trinajstić information content (AvgIpc) is 2.94. The minimum absolute atomic E-state index is 0.0344. The molecule has 0 unspecified atom stereocenters. The summed E-state index contributed by atoms with van der Waals surface area (Å²) in [5, 5.41) is 25.5. The van der Waals surface area contributed by atoms with Crippen LogP contribution >= 0.6 is 0 Å². The molecule has 1 fully saturated rings. The van der Waals surface area contributed by atoms with Crippen LogP contribution in [0, 0.1) is 0 Å². The highest BCUT2D eigenvalue weighted by Gasteiger charge is 2.45.